The predicted molar refractivity (Wildman–Crippen MR) is 127 cm³/mol. The minimum atomic E-state index is -3.79. The average Bonchev–Trinajstić information content (AvgIpc) is 2.85. The van der Waals surface area contributed by atoms with Crippen LogP contribution in [0.2, 0.25) is 10.0 Å². The fourth-order valence-electron chi connectivity index (χ4n) is 3.97. The number of nitrogens with zero attached hydrogens (tertiary/aromatic N) is 4. The van der Waals surface area contributed by atoms with Crippen molar-refractivity contribution in [1.29, 1.82) is 0 Å². The molecule has 2 heterocycles. The molecule has 1 amide bonds. The lowest BCUT2D eigenvalue weighted by molar-refractivity contribution is -0.384. The van der Waals surface area contributed by atoms with Crippen molar-refractivity contribution in [3.8, 4) is 0 Å². The minimum absolute atomic E-state index is 0.0345. The first kappa shape index (κ1) is 24.7. The topological polar surface area (TPSA) is 113 Å². The Bertz CT molecular complexity index is 1210. The molecule has 0 aliphatic carbocycles. The maximum absolute atomic E-state index is 13.0. The van der Waals surface area contributed by atoms with Gasteiger partial charge in [0.2, 0.25) is 10.0 Å². The summed E-state index contributed by atoms with van der Waals surface area (Å²) >= 11 is 11.9. The van der Waals surface area contributed by atoms with E-state index in [-0.39, 0.29) is 58.3 Å². The number of halogens is 2. The highest BCUT2D eigenvalue weighted by Crippen LogP contribution is 2.32. The number of amides is 1. The van der Waals surface area contributed by atoms with Crippen molar-refractivity contribution in [2.45, 2.75) is 4.90 Å². The van der Waals surface area contributed by atoms with Gasteiger partial charge < -0.3 is 14.5 Å². The molecule has 4 rings (SSSR count). The van der Waals surface area contributed by atoms with Gasteiger partial charge >= 0.3 is 0 Å². The molecule has 2 aliphatic heterocycles. The second-order valence-corrected chi connectivity index (χ2v) is 10.6. The third kappa shape index (κ3) is 4.98. The number of benzene rings is 2. The van der Waals surface area contributed by atoms with Crippen LogP contribution in [0.25, 0.3) is 0 Å². The zero-order valence-electron chi connectivity index (χ0n) is 18.0. The molecule has 0 aromatic heterocycles. The Kier molecular flexibility index (Phi) is 7.29. The number of sulfonamides is 1. The zero-order valence-corrected chi connectivity index (χ0v) is 20.4. The summed E-state index contributed by atoms with van der Waals surface area (Å²) < 4.78 is 32.5. The van der Waals surface area contributed by atoms with Crippen molar-refractivity contribution in [2.75, 3.05) is 57.4 Å². The number of carbonyl (C=O) groups is 1. The Morgan fingerprint density at radius 1 is 0.941 bits per heavy atom. The molecule has 0 bridgehead atoms. The molecule has 0 radical (unpaired) electrons. The largest absolute Gasteiger partial charge is 0.378 e. The van der Waals surface area contributed by atoms with Crippen molar-refractivity contribution < 1.29 is 22.9 Å². The molecule has 0 saturated carbocycles. The summed E-state index contributed by atoms with van der Waals surface area (Å²) in [5.41, 5.74) is 0.383. The van der Waals surface area contributed by atoms with Crippen LogP contribution in [0.5, 0.6) is 0 Å². The first-order chi connectivity index (χ1) is 16.2. The fourth-order valence-corrected chi connectivity index (χ4v) is 5.79. The van der Waals surface area contributed by atoms with Gasteiger partial charge in [0.1, 0.15) is 5.69 Å². The number of rotatable bonds is 5. The van der Waals surface area contributed by atoms with Crippen LogP contribution in [0.15, 0.2) is 41.3 Å². The molecule has 10 nitrogen and oxygen atoms in total. The Hall–Kier alpha value is -2.44. The van der Waals surface area contributed by atoms with Crippen LogP contribution in [0, 0.1) is 10.1 Å². The lowest BCUT2D eigenvalue weighted by atomic mass is 10.1. The van der Waals surface area contributed by atoms with E-state index in [0.717, 1.165) is 0 Å². The number of ether oxygens (including phenoxy) is 1. The molecule has 2 saturated heterocycles. The quantitative estimate of drug-likeness (QED) is 0.432. The van der Waals surface area contributed by atoms with Crippen molar-refractivity contribution in [2.24, 2.45) is 0 Å². The molecular formula is C21H22Cl2N4O6S. The van der Waals surface area contributed by atoms with Gasteiger partial charge in [-0.05, 0) is 30.3 Å². The molecule has 0 atom stereocenters. The molecule has 2 aliphatic rings. The Morgan fingerprint density at radius 2 is 1.62 bits per heavy atom. The molecule has 182 valence electrons. The van der Waals surface area contributed by atoms with Crippen LogP contribution in [0.3, 0.4) is 0 Å². The van der Waals surface area contributed by atoms with Crippen LogP contribution in [0.1, 0.15) is 10.4 Å². The van der Waals surface area contributed by atoms with Crippen LogP contribution in [0.4, 0.5) is 11.4 Å². The normalized spacial score (nSPS) is 17.6. The number of piperazine rings is 1. The summed E-state index contributed by atoms with van der Waals surface area (Å²) in [7, 11) is -3.79. The van der Waals surface area contributed by atoms with Gasteiger partial charge in [0.25, 0.3) is 11.6 Å². The molecule has 0 N–H and O–H groups in total. The highest BCUT2D eigenvalue weighted by atomic mass is 35.5. The fraction of sp³-hybridized carbons (Fsp3) is 0.381. The third-order valence-corrected chi connectivity index (χ3v) is 8.46. The van der Waals surface area contributed by atoms with E-state index < -0.39 is 14.9 Å². The molecule has 0 spiro atoms. The van der Waals surface area contributed by atoms with Crippen LogP contribution < -0.4 is 4.90 Å². The van der Waals surface area contributed by atoms with Crippen LogP contribution in [-0.2, 0) is 14.8 Å². The average molecular weight is 529 g/mol. The van der Waals surface area contributed by atoms with Gasteiger partial charge in [0.15, 0.2) is 0 Å². The number of hydrogen-bond acceptors (Lipinski definition) is 7. The standard InChI is InChI=1S/C21H22Cl2N4O6S/c22-17-3-2-16(14-18(17)23)34(31,32)26-7-5-24(6-8-26)19-4-1-15(13-20(19)27(29)30)21(28)25-9-11-33-12-10-25/h1-4,13-14H,5-12H2. The molecular weight excluding hydrogens is 507 g/mol. The summed E-state index contributed by atoms with van der Waals surface area (Å²) in [6, 6.07) is 8.53. The number of hydrogen-bond donors (Lipinski definition) is 0. The van der Waals surface area contributed by atoms with Gasteiger partial charge in [0, 0.05) is 50.9 Å². The van der Waals surface area contributed by atoms with E-state index in [1.165, 1.54) is 28.6 Å². The summed E-state index contributed by atoms with van der Waals surface area (Å²) in [5.74, 6) is -0.282. The zero-order chi connectivity index (χ0) is 24.5. The van der Waals surface area contributed by atoms with Crippen molar-refractivity contribution in [1.82, 2.24) is 9.21 Å². The number of morpholine rings is 1. The molecule has 13 heteroatoms. The first-order valence-corrected chi connectivity index (χ1v) is 12.7. The maximum atomic E-state index is 13.0. The van der Waals surface area contributed by atoms with Gasteiger partial charge in [-0.25, -0.2) is 8.42 Å². The second kappa shape index (κ2) is 10.0. The van der Waals surface area contributed by atoms with E-state index in [4.69, 9.17) is 27.9 Å². The monoisotopic (exact) mass is 528 g/mol. The number of carbonyl (C=O) groups excluding carboxylic acids is 1. The summed E-state index contributed by atoms with van der Waals surface area (Å²) in [5, 5.41) is 12.2. The van der Waals surface area contributed by atoms with E-state index in [1.807, 2.05) is 0 Å². The molecule has 2 fully saturated rings. The molecule has 0 unspecified atom stereocenters. The van der Waals surface area contributed by atoms with Crippen molar-refractivity contribution >= 4 is 50.5 Å². The van der Waals surface area contributed by atoms with E-state index in [1.54, 1.807) is 21.9 Å². The maximum Gasteiger partial charge on any atom is 0.293 e. The summed E-state index contributed by atoms with van der Waals surface area (Å²) in [6.07, 6.45) is 0. The third-order valence-electron chi connectivity index (χ3n) is 5.83. The van der Waals surface area contributed by atoms with E-state index in [9.17, 15) is 23.3 Å². The number of nitro benzene ring substituents is 1. The van der Waals surface area contributed by atoms with E-state index in [0.29, 0.717) is 32.0 Å². The predicted octanol–water partition coefficient (Wildman–Crippen LogP) is 2.88. The molecule has 2 aromatic rings. The number of anilines is 1. The van der Waals surface area contributed by atoms with Crippen molar-refractivity contribution in [3.05, 3.63) is 62.1 Å². The van der Waals surface area contributed by atoms with Gasteiger partial charge in [-0.15, -0.1) is 0 Å². The minimum Gasteiger partial charge on any atom is -0.378 e. The van der Waals surface area contributed by atoms with Crippen LogP contribution in [-0.4, -0.2) is 80.9 Å². The lowest BCUT2D eigenvalue weighted by Crippen LogP contribution is -2.48. The lowest BCUT2D eigenvalue weighted by Gasteiger charge is -2.35. The van der Waals surface area contributed by atoms with E-state index in [2.05, 4.69) is 0 Å². The smallest absolute Gasteiger partial charge is 0.293 e. The first-order valence-electron chi connectivity index (χ1n) is 10.5. The highest BCUT2D eigenvalue weighted by Gasteiger charge is 2.32. The SMILES string of the molecule is O=C(c1ccc(N2CCN(S(=O)(=O)c3ccc(Cl)c(Cl)c3)CC2)c([N+](=O)[O-])c1)N1CCOCC1. The highest BCUT2D eigenvalue weighted by molar-refractivity contribution is 7.89. The Labute approximate surface area is 206 Å². The van der Waals surface area contributed by atoms with Gasteiger partial charge in [-0.3, -0.25) is 14.9 Å². The Morgan fingerprint density at radius 3 is 2.24 bits per heavy atom. The van der Waals surface area contributed by atoms with Crippen molar-refractivity contribution in [3.63, 3.8) is 0 Å². The van der Waals surface area contributed by atoms with Gasteiger partial charge in [0.05, 0.1) is 33.1 Å². The Balaban J connectivity index is 1.50. The summed E-state index contributed by atoms with van der Waals surface area (Å²) in [4.78, 5) is 27.4. The molecule has 2 aromatic carbocycles. The molecule has 34 heavy (non-hydrogen) atoms. The second-order valence-electron chi connectivity index (χ2n) is 7.83. The van der Waals surface area contributed by atoms with Crippen LogP contribution >= 0.6 is 23.2 Å². The van der Waals surface area contributed by atoms with Gasteiger partial charge in [-0.2, -0.15) is 4.31 Å². The summed E-state index contributed by atoms with van der Waals surface area (Å²) in [6.45, 7) is 2.49. The van der Waals surface area contributed by atoms with Gasteiger partial charge in [-0.1, -0.05) is 23.2 Å². The van der Waals surface area contributed by atoms with E-state index >= 15 is 0 Å². The number of nitro groups is 1.